The molecule has 0 aliphatic rings. The maximum absolute atomic E-state index is 12.7. The van der Waals surface area contributed by atoms with Gasteiger partial charge in [-0.1, -0.05) is 23.7 Å². The highest BCUT2D eigenvalue weighted by Crippen LogP contribution is 2.27. The third kappa shape index (κ3) is 6.78. The summed E-state index contributed by atoms with van der Waals surface area (Å²) in [5.41, 5.74) is 4.34. The van der Waals surface area contributed by atoms with Crippen LogP contribution in [-0.2, 0) is 17.9 Å². The number of nitrogens with zero attached hydrogens (tertiary/aromatic N) is 1. The lowest BCUT2D eigenvalue weighted by molar-refractivity contribution is -0.117. The molecule has 0 spiro atoms. The number of nitrogens with one attached hydrogen (secondary N) is 1. The van der Waals surface area contributed by atoms with Gasteiger partial charge in [0.05, 0.1) is 14.2 Å². The lowest BCUT2D eigenvalue weighted by Crippen LogP contribution is -2.24. The van der Waals surface area contributed by atoms with Gasteiger partial charge in [-0.25, -0.2) is 0 Å². The molecule has 6 nitrogen and oxygen atoms in total. The zero-order chi connectivity index (χ0) is 25.4. The Balaban J connectivity index is 1.71. The van der Waals surface area contributed by atoms with Crippen LogP contribution < -0.4 is 19.5 Å². The van der Waals surface area contributed by atoms with Gasteiger partial charge >= 0.3 is 0 Å². The van der Waals surface area contributed by atoms with Crippen LogP contribution in [0.4, 0.5) is 0 Å². The second-order valence-corrected chi connectivity index (χ2v) is 8.37. The molecule has 0 bridgehead atoms. The minimum Gasteiger partial charge on any atom is -0.497 e. The van der Waals surface area contributed by atoms with Crippen molar-refractivity contribution in [2.24, 2.45) is 0 Å². The van der Waals surface area contributed by atoms with E-state index < -0.39 is 5.91 Å². The maximum Gasteiger partial charge on any atom is 0.262 e. The standard InChI is InChI=1S/C28H27ClN2O4/c1-18-11-21(12-19(2)27(18)35-17-20-5-8-24(29)9-6-20)13-23(15-30)28(32)31-16-22-7-10-25(33-3)14-26(22)34-4/h5-14H,16-17H2,1-4H3,(H,31,32)/b23-13+. The molecule has 3 aromatic carbocycles. The molecule has 0 saturated heterocycles. The van der Waals surface area contributed by atoms with E-state index in [1.54, 1.807) is 32.4 Å². The van der Waals surface area contributed by atoms with E-state index in [9.17, 15) is 10.1 Å². The number of amides is 1. The van der Waals surface area contributed by atoms with Crippen molar-refractivity contribution in [3.8, 4) is 23.3 Å². The van der Waals surface area contributed by atoms with E-state index in [1.165, 1.54) is 0 Å². The topological polar surface area (TPSA) is 80.6 Å². The minimum atomic E-state index is -0.469. The van der Waals surface area contributed by atoms with Gasteiger partial charge in [0.2, 0.25) is 0 Å². The monoisotopic (exact) mass is 490 g/mol. The first-order valence-corrected chi connectivity index (χ1v) is 11.3. The first kappa shape index (κ1) is 25.7. The van der Waals surface area contributed by atoms with Crippen LogP contribution in [0.15, 0.2) is 60.2 Å². The van der Waals surface area contributed by atoms with Crippen LogP contribution in [0.3, 0.4) is 0 Å². The Morgan fingerprint density at radius 3 is 2.31 bits per heavy atom. The Morgan fingerprint density at radius 2 is 1.71 bits per heavy atom. The SMILES string of the molecule is COc1ccc(CNC(=O)/C(C#N)=C/c2cc(C)c(OCc3ccc(Cl)cc3)c(C)c2)c(OC)c1. The van der Waals surface area contributed by atoms with Crippen molar-refractivity contribution < 1.29 is 19.0 Å². The van der Waals surface area contributed by atoms with Gasteiger partial charge in [-0.05, 0) is 78.6 Å². The molecule has 0 unspecified atom stereocenters. The predicted molar refractivity (Wildman–Crippen MR) is 137 cm³/mol. The smallest absolute Gasteiger partial charge is 0.262 e. The zero-order valence-electron chi connectivity index (χ0n) is 20.1. The molecule has 0 heterocycles. The van der Waals surface area contributed by atoms with Gasteiger partial charge in [0.25, 0.3) is 5.91 Å². The highest BCUT2D eigenvalue weighted by atomic mass is 35.5. The van der Waals surface area contributed by atoms with Gasteiger partial charge in [0, 0.05) is 23.2 Å². The lowest BCUT2D eigenvalue weighted by atomic mass is 10.0. The van der Waals surface area contributed by atoms with E-state index in [0.717, 1.165) is 33.6 Å². The lowest BCUT2D eigenvalue weighted by Gasteiger charge is -2.14. The Hall–Kier alpha value is -3.95. The first-order valence-electron chi connectivity index (χ1n) is 10.9. The number of nitriles is 1. The van der Waals surface area contributed by atoms with Crippen molar-refractivity contribution in [1.82, 2.24) is 5.32 Å². The summed E-state index contributed by atoms with van der Waals surface area (Å²) < 4.78 is 16.6. The van der Waals surface area contributed by atoms with Gasteiger partial charge < -0.3 is 19.5 Å². The van der Waals surface area contributed by atoms with Crippen LogP contribution in [0.5, 0.6) is 17.2 Å². The Morgan fingerprint density at radius 1 is 1.03 bits per heavy atom. The average molecular weight is 491 g/mol. The number of ether oxygens (including phenoxy) is 3. The molecule has 1 amide bonds. The minimum absolute atomic E-state index is 0.00566. The summed E-state index contributed by atoms with van der Waals surface area (Å²) >= 11 is 5.94. The number of hydrogen-bond acceptors (Lipinski definition) is 5. The van der Waals surface area contributed by atoms with Crippen molar-refractivity contribution >= 4 is 23.6 Å². The maximum atomic E-state index is 12.7. The molecule has 0 aromatic heterocycles. The Kier molecular flexibility index (Phi) is 8.77. The van der Waals surface area contributed by atoms with Crippen molar-refractivity contribution in [2.75, 3.05) is 14.2 Å². The molecule has 0 aliphatic carbocycles. The van der Waals surface area contributed by atoms with Crippen LogP contribution in [0.2, 0.25) is 5.02 Å². The Labute approximate surface area is 210 Å². The van der Waals surface area contributed by atoms with Crippen LogP contribution in [-0.4, -0.2) is 20.1 Å². The molecule has 0 saturated carbocycles. The number of benzene rings is 3. The average Bonchev–Trinajstić information content (AvgIpc) is 2.86. The summed E-state index contributed by atoms with van der Waals surface area (Å²) in [5, 5.41) is 13.1. The second-order valence-electron chi connectivity index (χ2n) is 7.93. The summed E-state index contributed by atoms with van der Waals surface area (Å²) in [7, 11) is 3.12. The molecule has 0 fully saturated rings. The highest BCUT2D eigenvalue weighted by Gasteiger charge is 2.13. The highest BCUT2D eigenvalue weighted by molar-refractivity contribution is 6.30. The van der Waals surface area contributed by atoms with E-state index in [0.29, 0.717) is 23.1 Å². The normalized spacial score (nSPS) is 10.9. The van der Waals surface area contributed by atoms with Crippen LogP contribution in [0.1, 0.15) is 27.8 Å². The molecule has 1 N–H and O–H groups in total. The van der Waals surface area contributed by atoms with Crippen molar-refractivity contribution in [1.29, 1.82) is 5.26 Å². The molecular formula is C28H27ClN2O4. The van der Waals surface area contributed by atoms with E-state index >= 15 is 0 Å². The summed E-state index contributed by atoms with van der Waals surface area (Å²) in [6.07, 6.45) is 1.57. The van der Waals surface area contributed by atoms with Crippen molar-refractivity contribution in [3.63, 3.8) is 0 Å². The number of hydrogen-bond donors (Lipinski definition) is 1. The number of methoxy groups -OCH3 is 2. The van der Waals surface area contributed by atoms with Gasteiger partial charge in [-0.3, -0.25) is 4.79 Å². The molecule has 3 aromatic rings. The fourth-order valence-corrected chi connectivity index (χ4v) is 3.74. The number of halogens is 1. The van der Waals surface area contributed by atoms with E-state index in [2.05, 4.69) is 5.32 Å². The summed E-state index contributed by atoms with van der Waals surface area (Å²) in [6.45, 7) is 4.49. The zero-order valence-corrected chi connectivity index (χ0v) is 20.9. The molecular weight excluding hydrogens is 464 g/mol. The fourth-order valence-electron chi connectivity index (χ4n) is 3.61. The molecule has 0 radical (unpaired) electrons. The molecule has 0 atom stereocenters. The largest absolute Gasteiger partial charge is 0.497 e. The third-order valence-electron chi connectivity index (χ3n) is 5.39. The van der Waals surface area contributed by atoms with Crippen molar-refractivity contribution in [3.05, 3.63) is 93.0 Å². The number of rotatable bonds is 9. The van der Waals surface area contributed by atoms with Crippen LogP contribution in [0.25, 0.3) is 6.08 Å². The van der Waals surface area contributed by atoms with E-state index in [1.807, 2.05) is 62.4 Å². The molecule has 3 rings (SSSR count). The quantitative estimate of drug-likeness (QED) is 0.304. The predicted octanol–water partition coefficient (Wildman–Crippen LogP) is 5.78. The van der Waals surface area contributed by atoms with Gasteiger partial charge in [-0.15, -0.1) is 0 Å². The van der Waals surface area contributed by atoms with Gasteiger partial charge in [0.15, 0.2) is 0 Å². The van der Waals surface area contributed by atoms with Crippen molar-refractivity contribution in [2.45, 2.75) is 27.0 Å². The second kappa shape index (κ2) is 12.0. The molecule has 0 aliphatic heterocycles. The van der Waals surface area contributed by atoms with Crippen LogP contribution >= 0.6 is 11.6 Å². The molecule has 180 valence electrons. The summed E-state index contributed by atoms with van der Waals surface area (Å²) in [5.74, 6) is 1.55. The number of aryl methyl sites for hydroxylation is 2. The third-order valence-corrected chi connectivity index (χ3v) is 5.64. The van der Waals surface area contributed by atoms with E-state index in [-0.39, 0.29) is 12.1 Å². The fraction of sp³-hybridized carbons (Fsp3) is 0.214. The molecule has 35 heavy (non-hydrogen) atoms. The summed E-state index contributed by atoms with van der Waals surface area (Å²) in [6, 6.07) is 18.6. The van der Waals surface area contributed by atoms with Gasteiger partial charge in [0.1, 0.15) is 35.5 Å². The number of carbonyl (C=O) groups excluding carboxylic acids is 1. The number of carbonyl (C=O) groups is 1. The Bertz CT molecular complexity index is 1250. The van der Waals surface area contributed by atoms with Crippen LogP contribution in [0, 0.1) is 25.2 Å². The first-order chi connectivity index (χ1) is 16.8. The van der Waals surface area contributed by atoms with Gasteiger partial charge in [-0.2, -0.15) is 5.26 Å². The molecule has 7 heteroatoms. The summed E-state index contributed by atoms with van der Waals surface area (Å²) in [4.78, 5) is 12.7. The van der Waals surface area contributed by atoms with E-state index in [4.69, 9.17) is 25.8 Å².